The minimum absolute atomic E-state index is 0.336. The first kappa shape index (κ1) is 24.0. The fraction of sp³-hybridized carbons (Fsp3) is 0.308. The Morgan fingerprint density at radius 3 is 2.06 bits per heavy atom. The number of hydrogen-bond donors (Lipinski definition) is 5. The van der Waals surface area contributed by atoms with Crippen LogP contribution in [0.25, 0.3) is 0 Å². The summed E-state index contributed by atoms with van der Waals surface area (Å²) in [5.74, 6) is 10.3. The van der Waals surface area contributed by atoms with Crippen LogP contribution in [-0.4, -0.2) is 34.6 Å². The summed E-state index contributed by atoms with van der Waals surface area (Å²) in [5, 5.41) is 14.9. The highest BCUT2D eigenvalue weighted by atomic mass is 16.5. The van der Waals surface area contributed by atoms with E-state index in [1.807, 2.05) is 12.1 Å². The van der Waals surface area contributed by atoms with Crippen LogP contribution in [0.4, 0.5) is 0 Å². The Morgan fingerprint density at radius 1 is 1.03 bits per heavy atom. The van der Waals surface area contributed by atoms with Gasteiger partial charge < -0.3 is 16.4 Å². The molecule has 2 aromatic carbocycles. The molecule has 1 aliphatic rings. The van der Waals surface area contributed by atoms with Crippen molar-refractivity contribution >= 4 is 11.8 Å². The number of rotatable bonds is 7. The monoisotopic (exact) mass is 444 g/mol. The number of carbonyl (C=O) groups excluding carboxylic acids is 2. The molecule has 0 aromatic heterocycles. The average Bonchev–Trinajstić information content (AvgIpc) is 3.63. The van der Waals surface area contributed by atoms with Gasteiger partial charge in [0.25, 0.3) is 11.8 Å². The molecular formula is C26H28N4O3. The number of nitrogens with one attached hydrogen (secondary N) is 3. The summed E-state index contributed by atoms with van der Waals surface area (Å²) < 4.78 is 0. The van der Waals surface area contributed by atoms with E-state index >= 15 is 0 Å². The molecule has 170 valence electrons. The Kier molecular flexibility index (Phi) is 7.87. The number of nitrogens with two attached hydrogens (primary N) is 1. The van der Waals surface area contributed by atoms with Crippen molar-refractivity contribution in [2.45, 2.75) is 50.9 Å². The van der Waals surface area contributed by atoms with Crippen molar-refractivity contribution in [1.82, 2.24) is 16.1 Å². The lowest BCUT2D eigenvalue weighted by atomic mass is 9.95. The third kappa shape index (κ3) is 7.48. The fourth-order valence-corrected chi connectivity index (χ4v) is 3.04. The first-order valence-corrected chi connectivity index (χ1v) is 10.7. The van der Waals surface area contributed by atoms with Gasteiger partial charge in [-0.15, -0.1) is 0 Å². The molecule has 6 N–H and O–H groups in total. The molecule has 7 nitrogen and oxygen atoms in total. The zero-order valence-corrected chi connectivity index (χ0v) is 18.7. The second kappa shape index (κ2) is 10.8. The molecule has 0 radical (unpaired) electrons. The van der Waals surface area contributed by atoms with Crippen molar-refractivity contribution in [3.8, 4) is 23.7 Å². The van der Waals surface area contributed by atoms with Crippen LogP contribution in [-0.2, 0) is 11.3 Å². The Morgan fingerprint density at radius 2 is 1.58 bits per heavy atom. The molecule has 1 unspecified atom stereocenters. The first-order chi connectivity index (χ1) is 15.8. The van der Waals surface area contributed by atoms with Crippen molar-refractivity contribution < 1.29 is 14.8 Å². The van der Waals surface area contributed by atoms with Crippen molar-refractivity contribution in [3.05, 3.63) is 70.8 Å². The van der Waals surface area contributed by atoms with Gasteiger partial charge >= 0.3 is 0 Å². The first-order valence-electron chi connectivity index (χ1n) is 10.7. The summed E-state index contributed by atoms with van der Waals surface area (Å²) in [6.45, 7) is 4.03. The number of carbonyl (C=O) groups is 2. The molecule has 1 saturated carbocycles. The normalized spacial score (nSPS) is 13.6. The van der Waals surface area contributed by atoms with Crippen LogP contribution >= 0.6 is 0 Å². The van der Waals surface area contributed by atoms with Crippen LogP contribution in [0.5, 0.6) is 0 Å². The van der Waals surface area contributed by atoms with Crippen molar-refractivity contribution in [2.24, 2.45) is 5.73 Å². The molecule has 0 heterocycles. The zero-order chi connectivity index (χ0) is 23.8. The van der Waals surface area contributed by atoms with E-state index in [0.717, 1.165) is 12.1 Å². The van der Waals surface area contributed by atoms with Gasteiger partial charge in [0.05, 0.1) is 0 Å². The Bertz CT molecular complexity index is 1110. The van der Waals surface area contributed by atoms with Crippen LogP contribution in [0.15, 0.2) is 48.5 Å². The Labute approximate surface area is 194 Å². The maximum absolute atomic E-state index is 12.5. The van der Waals surface area contributed by atoms with E-state index in [1.165, 1.54) is 23.9 Å². The van der Waals surface area contributed by atoms with Crippen molar-refractivity contribution in [3.63, 3.8) is 0 Å². The highest BCUT2D eigenvalue weighted by molar-refractivity contribution is 5.97. The summed E-state index contributed by atoms with van der Waals surface area (Å²) in [6.07, 6.45) is 2.54. The van der Waals surface area contributed by atoms with Crippen LogP contribution in [0.2, 0.25) is 0 Å². The molecular weight excluding hydrogens is 416 g/mol. The Balaban J connectivity index is 1.57. The largest absolute Gasteiger partial charge is 0.338 e. The van der Waals surface area contributed by atoms with Crippen LogP contribution in [0.3, 0.4) is 0 Å². The van der Waals surface area contributed by atoms with E-state index in [-0.39, 0.29) is 0 Å². The van der Waals surface area contributed by atoms with Crippen LogP contribution < -0.4 is 21.8 Å². The molecule has 0 aliphatic heterocycles. The quantitative estimate of drug-likeness (QED) is 0.253. The molecule has 1 fully saturated rings. The molecule has 2 aromatic rings. The zero-order valence-electron chi connectivity index (χ0n) is 18.7. The lowest BCUT2D eigenvalue weighted by Gasteiger charge is -2.29. The van der Waals surface area contributed by atoms with Crippen LogP contribution in [0, 0.1) is 23.7 Å². The summed E-state index contributed by atoms with van der Waals surface area (Å²) >= 11 is 0. The van der Waals surface area contributed by atoms with Gasteiger partial charge in [-0.05, 0) is 80.5 Å². The number of benzene rings is 2. The van der Waals surface area contributed by atoms with E-state index in [2.05, 4.69) is 46.4 Å². The average molecular weight is 445 g/mol. The third-order valence-electron chi connectivity index (χ3n) is 5.14. The second-order valence-corrected chi connectivity index (χ2v) is 8.63. The SMILES string of the molecule is CC(C)(N)C(NC(=O)c1ccc(C#CC#Cc2ccc(CNC3CC3)cc2)cc1)C(=O)NO. The molecule has 2 amide bonds. The van der Waals surface area contributed by atoms with Gasteiger partial charge in [-0.3, -0.25) is 14.8 Å². The van der Waals surface area contributed by atoms with Gasteiger partial charge in [-0.2, -0.15) is 0 Å². The third-order valence-corrected chi connectivity index (χ3v) is 5.14. The minimum atomic E-state index is -1.10. The Hall–Kier alpha value is -3.62. The fourth-order valence-electron chi connectivity index (χ4n) is 3.04. The smallest absolute Gasteiger partial charge is 0.267 e. The van der Waals surface area contributed by atoms with Gasteiger partial charge in [0.1, 0.15) is 6.04 Å². The molecule has 3 rings (SSSR count). The molecule has 0 saturated heterocycles. The van der Waals surface area contributed by atoms with Crippen LogP contribution in [0.1, 0.15) is 53.7 Å². The van der Waals surface area contributed by atoms with Gasteiger partial charge in [0.15, 0.2) is 0 Å². The van der Waals surface area contributed by atoms with Crippen molar-refractivity contribution in [2.75, 3.05) is 0 Å². The van der Waals surface area contributed by atoms with E-state index in [9.17, 15) is 9.59 Å². The lowest BCUT2D eigenvalue weighted by Crippen LogP contribution is -2.61. The molecule has 0 bridgehead atoms. The summed E-state index contributed by atoms with van der Waals surface area (Å²) in [5.41, 5.74) is 9.56. The number of hydrogen-bond acceptors (Lipinski definition) is 5. The highest BCUT2D eigenvalue weighted by Gasteiger charge is 2.33. The minimum Gasteiger partial charge on any atom is -0.338 e. The predicted molar refractivity (Wildman–Crippen MR) is 126 cm³/mol. The highest BCUT2D eigenvalue weighted by Crippen LogP contribution is 2.19. The van der Waals surface area contributed by atoms with Crippen molar-refractivity contribution in [1.29, 1.82) is 0 Å². The molecule has 1 atom stereocenters. The van der Waals surface area contributed by atoms with Gasteiger partial charge in [-0.25, -0.2) is 5.48 Å². The summed E-state index contributed by atoms with van der Waals surface area (Å²) in [4.78, 5) is 24.3. The van der Waals surface area contributed by atoms with E-state index < -0.39 is 23.4 Å². The molecule has 7 heteroatoms. The van der Waals surface area contributed by atoms with E-state index in [0.29, 0.717) is 17.2 Å². The van der Waals surface area contributed by atoms with Gasteiger partial charge in [-0.1, -0.05) is 24.0 Å². The maximum Gasteiger partial charge on any atom is 0.267 e. The summed E-state index contributed by atoms with van der Waals surface area (Å²) in [6, 6.07) is 14.3. The standard InChI is InChI=1S/C26H28N4O3/c1-26(2,27)23(25(32)30-33)29-24(31)21-13-11-19(12-14-21)6-4-3-5-18-7-9-20(10-8-18)17-28-22-15-16-22/h7-14,22-23,28,33H,15-17,27H2,1-2H3,(H,29,31)(H,30,32). The van der Waals surface area contributed by atoms with Gasteiger partial charge in [0, 0.05) is 34.8 Å². The molecule has 0 spiro atoms. The second-order valence-electron chi connectivity index (χ2n) is 8.63. The van der Waals surface area contributed by atoms with Gasteiger partial charge in [0.2, 0.25) is 0 Å². The topological polar surface area (TPSA) is 116 Å². The maximum atomic E-state index is 12.5. The predicted octanol–water partition coefficient (Wildman–Crippen LogP) is 1.68. The number of amides is 2. The number of hydroxylamine groups is 1. The molecule has 1 aliphatic carbocycles. The van der Waals surface area contributed by atoms with E-state index in [1.54, 1.807) is 38.1 Å². The van der Waals surface area contributed by atoms with E-state index in [4.69, 9.17) is 10.9 Å². The molecule has 33 heavy (non-hydrogen) atoms. The lowest BCUT2D eigenvalue weighted by molar-refractivity contribution is -0.132. The summed E-state index contributed by atoms with van der Waals surface area (Å²) in [7, 11) is 0.